The fourth-order valence-corrected chi connectivity index (χ4v) is 2.87. The summed E-state index contributed by atoms with van der Waals surface area (Å²) in [5, 5.41) is 3.64. The molecule has 0 aromatic heterocycles. The highest BCUT2D eigenvalue weighted by Gasteiger charge is 2.30. The average Bonchev–Trinajstić information content (AvgIpc) is 3.30. The van der Waals surface area contributed by atoms with Gasteiger partial charge in [0, 0.05) is 24.3 Å². The minimum atomic E-state index is 0.432. The summed E-state index contributed by atoms with van der Waals surface area (Å²) in [6, 6.07) is 10.2. The van der Waals surface area contributed by atoms with Crippen molar-refractivity contribution in [2.75, 3.05) is 18.0 Å². The summed E-state index contributed by atoms with van der Waals surface area (Å²) < 4.78 is 0. The molecule has 0 spiro atoms. The lowest BCUT2D eigenvalue weighted by molar-refractivity contribution is 0.555. The fraction of sp³-hybridized carbons (Fsp3) is 0.684. The van der Waals surface area contributed by atoms with Crippen LogP contribution in [0.25, 0.3) is 0 Å². The zero-order valence-electron chi connectivity index (χ0n) is 14.2. The SMILES string of the molecule is CCCNC(C)c1ccccc1N(CCC(C)C)C1CC1. The number of nitrogens with one attached hydrogen (secondary N) is 1. The normalized spacial score (nSPS) is 16.2. The molecule has 0 amide bonds. The third-order valence-corrected chi connectivity index (χ3v) is 4.35. The summed E-state index contributed by atoms with van der Waals surface area (Å²) in [5.41, 5.74) is 2.92. The maximum Gasteiger partial charge on any atom is 0.0417 e. The van der Waals surface area contributed by atoms with Crippen LogP contribution in [0.1, 0.15) is 65.0 Å². The second-order valence-electron chi connectivity index (χ2n) is 6.84. The molecule has 1 aliphatic rings. The predicted octanol–water partition coefficient (Wildman–Crippen LogP) is 4.76. The number of nitrogens with zero attached hydrogens (tertiary/aromatic N) is 1. The molecule has 0 radical (unpaired) electrons. The van der Waals surface area contributed by atoms with Crippen LogP contribution < -0.4 is 10.2 Å². The van der Waals surface area contributed by atoms with Gasteiger partial charge in [-0.05, 0) is 56.7 Å². The number of anilines is 1. The van der Waals surface area contributed by atoms with Gasteiger partial charge in [-0.2, -0.15) is 0 Å². The van der Waals surface area contributed by atoms with E-state index in [1.165, 1.54) is 43.5 Å². The first-order valence-electron chi connectivity index (χ1n) is 8.72. The van der Waals surface area contributed by atoms with Crippen LogP contribution in [0.2, 0.25) is 0 Å². The van der Waals surface area contributed by atoms with Crippen molar-refractivity contribution in [2.24, 2.45) is 5.92 Å². The fourth-order valence-electron chi connectivity index (χ4n) is 2.87. The summed E-state index contributed by atoms with van der Waals surface area (Å²) in [6.45, 7) is 11.4. The molecule has 1 saturated carbocycles. The summed E-state index contributed by atoms with van der Waals surface area (Å²) >= 11 is 0. The Balaban J connectivity index is 2.15. The van der Waals surface area contributed by atoms with Crippen molar-refractivity contribution in [2.45, 2.75) is 65.5 Å². The maximum absolute atomic E-state index is 3.64. The van der Waals surface area contributed by atoms with Crippen molar-refractivity contribution in [1.29, 1.82) is 0 Å². The average molecular weight is 288 g/mol. The van der Waals surface area contributed by atoms with Crippen LogP contribution in [0.15, 0.2) is 24.3 Å². The Morgan fingerprint density at radius 2 is 1.90 bits per heavy atom. The van der Waals surface area contributed by atoms with Crippen molar-refractivity contribution in [3.8, 4) is 0 Å². The third-order valence-electron chi connectivity index (χ3n) is 4.35. The van der Waals surface area contributed by atoms with Crippen LogP contribution in [-0.2, 0) is 0 Å². The largest absolute Gasteiger partial charge is 0.368 e. The van der Waals surface area contributed by atoms with Crippen LogP contribution in [0.4, 0.5) is 5.69 Å². The number of hydrogen-bond acceptors (Lipinski definition) is 2. The van der Waals surface area contributed by atoms with Crippen LogP contribution in [0.5, 0.6) is 0 Å². The van der Waals surface area contributed by atoms with Crippen LogP contribution in [0, 0.1) is 5.92 Å². The highest BCUT2D eigenvalue weighted by Crippen LogP contribution is 2.36. The molecule has 1 fully saturated rings. The lowest BCUT2D eigenvalue weighted by Gasteiger charge is -2.30. The monoisotopic (exact) mass is 288 g/mol. The molecule has 1 aromatic carbocycles. The molecule has 0 saturated heterocycles. The van der Waals surface area contributed by atoms with E-state index in [0.717, 1.165) is 18.5 Å². The van der Waals surface area contributed by atoms with Crippen molar-refractivity contribution in [1.82, 2.24) is 5.32 Å². The van der Waals surface area contributed by atoms with Crippen molar-refractivity contribution in [3.63, 3.8) is 0 Å². The molecule has 1 unspecified atom stereocenters. The van der Waals surface area contributed by atoms with E-state index in [4.69, 9.17) is 0 Å². The van der Waals surface area contributed by atoms with E-state index in [1.807, 2.05) is 0 Å². The summed E-state index contributed by atoms with van der Waals surface area (Å²) in [6.07, 6.45) is 5.19. The van der Waals surface area contributed by atoms with E-state index in [9.17, 15) is 0 Å². The Labute approximate surface area is 130 Å². The molecule has 2 rings (SSSR count). The zero-order valence-corrected chi connectivity index (χ0v) is 14.2. The Morgan fingerprint density at radius 1 is 1.19 bits per heavy atom. The first-order valence-corrected chi connectivity index (χ1v) is 8.72. The van der Waals surface area contributed by atoms with Gasteiger partial charge in [-0.3, -0.25) is 0 Å². The summed E-state index contributed by atoms with van der Waals surface area (Å²) in [4.78, 5) is 2.67. The Hall–Kier alpha value is -1.02. The minimum Gasteiger partial charge on any atom is -0.368 e. The molecule has 0 aliphatic heterocycles. The number of para-hydroxylation sites is 1. The minimum absolute atomic E-state index is 0.432. The number of rotatable bonds is 9. The number of benzene rings is 1. The standard InChI is InChI=1S/C19H32N2/c1-5-13-20-16(4)18-8-6-7-9-19(18)21(17-10-11-17)14-12-15(2)3/h6-9,15-17,20H,5,10-14H2,1-4H3. The van der Waals surface area contributed by atoms with Gasteiger partial charge in [-0.25, -0.2) is 0 Å². The highest BCUT2D eigenvalue weighted by atomic mass is 15.2. The summed E-state index contributed by atoms with van der Waals surface area (Å²) in [5.74, 6) is 0.772. The molecule has 1 aliphatic carbocycles. The van der Waals surface area contributed by atoms with Crippen molar-refractivity contribution < 1.29 is 0 Å². The number of hydrogen-bond donors (Lipinski definition) is 1. The van der Waals surface area contributed by atoms with Gasteiger partial charge in [-0.1, -0.05) is 39.0 Å². The molecule has 118 valence electrons. The molecule has 1 N–H and O–H groups in total. The van der Waals surface area contributed by atoms with Crippen LogP contribution in [-0.4, -0.2) is 19.1 Å². The van der Waals surface area contributed by atoms with Gasteiger partial charge in [0.1, 0.15) is 0 Å². The molecule has 2 heteroatoms. The van der Waals surface area contributed by atoms with E-state index in [0.29, 0.717) is 6.04 Å². The first-order chi connectivity index (χ1) is 10.1. The van der Waals surface area contributed by atoms with E-state index in [1.54, 1.807) is 0 Å². The van der Waals surface area contributed by atoms with Gasteiger partial charge in [0.15, 0.2) is 0 Å². The van der Waals surface area contributed by atoms with Crippen molar-refractivity contribution in [3.05, 3.63) is 29.8 Å². The zero-order chi connectivity index (χ0) is 15.2. The molecule has 2 nitrogen and oxygen atoms in total. The third kappa shape index (κ3) is 4.74. The van der Waals surface area contributed by atoms with Crippen LogP contribution >= 0.6 is 0 Å². The maximum atomic E-state index is 3.64. The molecule has 0 bridgehead atoms. The van der Waals surface area contributed by atoms with E-state index < -0.39 is 0 Å². The first kappa shape index (κ1) is 16.4. The van der Waals surface area contributed by atoms with E-state index in [2.05, 4.69) is 62.2 Å². The second kappa shape index (κ2) is 7.84. The van der Waals surface area contributed by atoms with Crippen LogP contribution in [0.3, 0.4) is 0 Å². The molecular weight excluding hydrogens is 256 g/mol. The molecule has 0 heterocycles. The van der Waals surface area contributed by atoms with Gasteiger partial charge in [-0.15, -0.1) is 0 Å². The van der Waals surface area contributed by atoms with Gasteiger partial charge in [0.25, 0.3) is 0 Å². The molecular formula is C19H32N2. The van der Waals surface area contributed by atoms with E-state index >= 15 is 0 Å². The van der Waals surface area contributed by atoms with Gasteiger partial charge < -0.3 is 10.2 Å². The molecule has 1 atom stereocenters. The Morgan fingerprint density at radius 3 is 2.52 bits per heavy atom. The van der Waals surface area contributed by atoms with Gasteiger partial charge in [0.2, 0.25) is 0 Å². The molecule has 1 aromatic rings. The second-order valence-corrected chi connectivity index (χ2v) is 6.84. The van der Waals surface area contributed by atoms with Gasteiger partial charge in [0.05, 0.1) is 0 Å². The Bertz CT molecular complexity index is 423. The summed E-state index contributed by atoms with van der Waals surface area (Å²) in [7, 11) is 0. The van der Waals surface area contributed by atoms with Crippen molar-refractivity contribution >= 4 is 5.69 Å². The van der Waals surface area contributed by atoms with Gasteiger partial charge >= 0.3 is 0 Å². The molecule has 21 heavy (non-hydrogen) atoms. The smallest absolute Gasteiger partial charge is 0.0417 e. The highest BCUT2D eigenvalue weighted by molar-refractivity contribution is 5.56. The topological polar surface area (TPSA) is 15.3 Å². The Kier molecular flexibility index (Phi) is 6.10. The predicted molar refractivity (Wildman–Crippen MR) is 93.0 cm³/mol. The quantitative estimate of drug-likeness (QED) is 0.704. The van der Waals surface area contributed by atoms with E-state index in [-0.39, 0.29) is 0 Å². The lowest BCUT2D eigenvalue weighted by atomic mass is 10.0. The lowest BCUT2D eigenvalue weighted by Crippen LogP contribution is -2.30.